The van der Waals surface area contributed by atoms with E-state index in [2.05, 4.69) is 4.98 Å². The topological polar surface area (TPSA) is 72.6 Å². The molecule has 4 rings (SSSR count). The minimum Gasteiger partial charge on any atom is -0.464 e. The summed E-state index contributed by atoms with van der Waals surface area (Å²) in [5.41, 5.74) is 0.964. The molecule has 29 heavy (non-hydrogen) atoms. The first-order valence-electron chi connectivity index (χ1n) is 9.68. The normalized spacial score (nSPS) is 15.3. The van der Waals surface area contributed by atoms with Crippen molar-refractivity contribution in [2.45, 2.75) is 32.3 Å². The highest BCUT2D eigenvalue weighted by Gasteiger charge is 2.24. The van der Waals surface area contributed by atoms with Crippen molar-refractivity contribution in [1.29, 1.82) is 0 Å². The third kappa shape index (κ3) is 4.12. The van der Waals surface area contributed by atoms with Crippen LogP contribution in [0.25, 0.3) is 22.2 Å². The highest BCUT2D eigenvalue weighted by molar-refractivity contribution is 6.33. The predicted octanol–water partition coefficient (Wildman–Crippen LogP) is 4.29. The van der Waals surface area contributed by atoms with Crippen LogP contribution in [0.3, 0.4) is 0 Å². The van der Waals surface area contributed by atoms with Crippen molar-refractivity contribution in [1.82, 2.24) is 9.88 Å². The van der Waals surface area contributed by atoms with Gasteiger partial charge in [0.15, 0.2) is 6.10 Å². The Kier molecular flexibility index (Phi) is 5.53. The summed E-state index contributed by atoms with van der Waals surface area (Å²) in [5, 5.41) is 1.17. The third-order valence-corrected chi connectivity index (χ3v) is 5.39. The van der Waals surface area contributed by atoms with Crippen LogP contribution >= 0.6 is 11.6 Å². The van der Waals surface area contributed by atoms with Crippen LogP contribution in [0.5, 0.6) is 5.88 Å². The number of carbonyl (C=O) groups excluding carboxylic acids is 1. The first-order chi connectivity index (χ1) is 14.0. The number of aromatic nitrogens is 1. The van der Waals surface area contributed by atoms with Gasteiger partial charge in [0.1, 0.15) is 0 Å². The van der Waals surface area contributed by atoms with Crippen LogP contribution < -0.4 is 10.4 Å². The van der Waals surface area contributed by atoms with Crippen LogP contribution in [0.1, 0.15) is 26.2 Å². The molecule has 1 atom stereocenters. The maximum atomic E-state index is 12.6. The predicted molar refractivity (Wildman–Crippen MR) is 111 cm³/mol. The van der Waals surface area contributed by atoms with E-state index in [0.717, 1.165) is 37.9 Å². The number of likely N-dealkylation sites (tertiary alicyclic amines) is 1. The van der Waals surface area contributed by atoms with E-state index >= 15 is 0 Å². The smallest absolute Gasteiger partial charge is 0.338 e. The number of hydrogen-bond donors (Lipinski definition) is 0. The van der Waals surface area contributed by atoms with Crippen LogP contribution in [-0.2, 0) is 4.79 Å². The SMILES string of the molecule is C[C@@H](Oc1ccc2c(-c3ccccc3Cl)cc(=O)oc2n1)C(=O)N1CCCCC1. The summed E-state index contributed by atoms with van der Waals surface area (Å²) < 4.78 is 11.0. The molecule has 0 spiro atoms. The van der Waals surface area contributed by atoms with E-state index in [1.165, 1.54) is 6.07 Å². The second-order valence-corrected chi connectivity index (χ2v) is 7.51. The van der Waals surface area contributed by atoms with Gasteiger partial charge >= 0.3 is 5.63 Å². The van der Waals surface area contributed by atoms with Gasteiger partial charge in [-0.25, -0.2) is 4.79 Å². The minimum absolute atomic E-state index is 0.0575. The number of pyridine rings is 1. The molecule has 3 heterocycles. The Hall–Kier alpha value is -2.86. The standard InChI is InChI=1S/C22H21ClN2O4/c1-14(22(27)25-11-5-2-6-12-25)28-19-10-9-16-17(13-20(26)29-21(16)24-19)15-7-3-4-8-18(15)23/h3-4,7-10,13-14H,2,5-6,11-12H2,1H3/t14-/m1/s1. The van der Waals surface area contributed by atoms with E-state index in [-0.39, 0.29) is 17.5 Å². The van der Waals surface area contributed by atoms with Gasteiger partial charge in [-0.05, 0) is 38.3 Å². The molecular weight excluding hydrogens is 392 g/mol. The molecule has 1 amide bonds. The molecular formula is C22H21ClN2O4. The number of rotatable bonds is 4. The zero-order valence-corrected chi connectivity index (χ0v) is 16.8. The number of piperidine rings is 1. The first-order valence-corrected chi connectivity index (χ1v) is 10.1. The maximum absolute atomic E-state index is 12.6. The van der Waals surface area contributed by atoms with Gasteiger partial charge in [-0.2, -0.15) is 4.98 Å². The monoisotopic (exact) mass is 412 g/mol. The molecule has 150 valence electrons. The molecule has 0 bridgehead atoms. The van der Waals surface area contributed by atoms with Gasteiger partial charge < -0.3 is 14.1 Å². The van der Waals surface area contributed by atoms with Crippen molar-refractivity contribution < 1.29 is 13.9 Å². The van der Waals surface area contributed by atoms with Crippen molar-refractivity contribution in [3.63, 3.8) is 0 Å². The van der Waals surface area contributed by atoms with E-state index in [4.69, 9.17) is 20.8 Å². The number of hydrogen-bond acceptors (Lipinski definition) is 5. The Morgan fingerprint density at radius 2 is 1.90 bits per heavy atom. The first kappa shape index (κ1) is 19.5. The molecule has 0 aliphatic carbocycles. The quantitative estimate of drug-likeness (QED) is 0.639. The molecule has 1 aromatic carbocycles. The Balaban J connectivity index is 1.64. The zero-order valence-electron chi connectivity index (χ0n) is 16.1. The number of fused-ring (bicyclic) bond motifs is 1. The second kappa shape index (κ2) is 8.25. The molecule has 0 N–H and O–H groups in total. The lowest BCUT2D eigenvalue weighted by molar-refractivity contribution is -0.138. The summed E-state index contributed by atoms with van der Waals surface area (Å²) in [6.07, 6.45) is 2.51. The molecule has 2 aromatic heterocycles. The Labute approximate surface area is 173 Å². The molecule has 6 nitrogen and oxygen atoms in total. The molecule has 0 radical (unpaired) electrons. The minimum atomic E-state index is -0.670. The highest BCUT2D eigenvalue weighted by Crippen LogP contribution is 2.32. The Morgan fingerprint density at radius 1 is 1.14 bits per heavy atom. The maximum Gasteiger partial charge on any atom is 0.338 e. The number of amides is 1. The van der Waals surface area contributed by atoms with Crippen LogP contribution in [0.4, 0.5) is 0 Å². The van der Waals surface area contributed by atoms with Crippen molar-refractivity contribution in [2.24, 2.45) is 0 Å². The summed E-state index contributed by atoms with van der Waals surface area (Å²) in [5.74, 6) is 0.174. The van der Waals surface area contributed by atoms with Gasteiger partial charge in [-0.1, -0.05) is 29.8 Å². The molecule has 1 aliphatic rings. The largest absolute Gasteiger partial charge is 0.464 e. The van der Waals surface area contributed by atoms with E-state index in [0.29, 0.717) is 16.0 Å². The van der Waals surface area contributed by atoms with Crippen LogP contribution in [0, 0.1) is 0 Å². The van der Waals surface area contributed by atoms with E-state index in [1.807, 2.05) is 23.1 Å². The van der Waals surface area contributed by atoms with Crippen molar-refractivity contribution in [3.8, 4) is 17.0 Å². The fraction of sp³-hybridized carbons (Fsp3) is 0.318. The average Bonchev–Trinajstić information content (AvgIpc) is 2.73. The molecule has 1 aliphatic heterocycles. The number of ether oxygens (including phenoxy) is 1. The fourth-order valence-corrected chi connectivity index (χ4v) is 3.84. The zero-order chi connectivity index (χ0) is 20.4. The fourth-order valence-electron chi connectivity index (χ4n) is 3.60. The number of nitrogens with zero attached hydrogens (tertiary/aromatic N) is 2. The van der Waals surface area contributed by atoms with Crippen molar-refractivity contribution in [3.05, 3.63) is 57.9 Å². The average molecular weight is 413 g/mol. The van der Waals surface area contributed by atoms with Crippen LogP contribution in [-0.4, -0.2) is 35.0 Å². The summed E-state index contributed by atoms with van der Waals surface area (Å²) in [4.78, 5) is 30.8. The Bertz CT molecular complexity index is 1110. The molecule has 1 saturated heterocycles. The summed E-state index contributed by atoms with van der Waals surface area (Å²) in [6.45, 7) is 3.22. The van der Waals surface area contributed by atoms with E-state index < -0.39 is 11.7 Å². The lowest BCUT2D eigenvalue weighted by Gasteiger charge is -2.29. The number of carbonyl (C=O) groups is 1. The lowest BCUT2D eigenvalue weighted by Crippen LogP contribution is -2.43. The van der Waals surface area contributed by atoms with Gasteiger partial charge in [0.2, 0.25) is 11.6 Å². The van der Waals surface area contributed by atoms with E-state index in [1.54, 1.807) is 25.1 Å². The van der Waals surface area contributed by atoms with Gasteiger partial charge in [0.25, 0.3) is 5.91 Å². The summed E-state index contributed by atoms with van der Waals surface area (Å²) in [6, 6.07) is 12.1. The van der Waals surface area contributed by atoms with Crippen molar-refractivity contribution >= 4 is 28.6 Å². The van der Waals surface area contributed by atoms with Gasteiger partial charge in [0.05, 0.1) is 0 Å². The van der Waals surface area contributed by atoms with Gasteiger partial charge in [-0.15, -0.1) is 0 Å². The second-order valence-electron chi connectivity index (χ2n) is 7.11. The molecule has 1 fully saturated rings. The van der Waals surface area contributed by atoms with Gasteiger partial charge in [0, 0.05) is 46.8 Å². The van der Waals surface area contributed by atoms with Crippen LogP contribution in [0.15, 0.2) is 51.7 Å². The number of halogens is 1. The van der Waals surface area contributed by atoms with Crippen LogP contribution in [0.2, 0.25) is 5.02 Å². The molecule has 7 heteroatoms. The highest BCUT2D eigenvalue weighted by atomic mass is 35.5. The summed E-state index contributed by atoms with van der Waals surface area (Å²) >= 11 is 6.30. The summed E-state index contributed by atoms with van der Waals surface area (Å²) in [7, 11) is 0. The number of benzene rings is 1. The molecule has 0 unspecified atom stereocenters. The van der Waals surface area contributed by atoms with E-state index in [9.17, 15) is 9.59 Å². The Morgan fingerprint density at radius 3 is 2.66 bits per heavy atom. The lowest BCUT2D eigenvalue weighted by atomic mass is 10.0. The third-order valence-electron chi connectivity index (χ3n) is 5.06. The molecule has 0 saturated carbocycles. The molecule has 3 aromatic rings. The van der Waals surface area contributed by atoms with Gasteiger partial charge in [-0.3, -0.25) is 4.79 Å². The van der Waals surface area contributed by atoms with Crippen molar-refractivity contribution in [2.75, 3.05) is 13.1 Å².